The van der Waals surface area contributed by atoms with Gasteiger partial charge in [0, 0.05) is 37.0 Å². The van der Waals surface area contributed by atoms with Crippen LogP contribution in [0, 0.1) is 0 Å². The van der Waals surface area contributed by atoms with Crippen molar-refractivity contribution < 1.29 is 9.53 Å². The van der Waals surface area contributed by atoms with Gasteiger partial charge in [0.05, 0.1) is 12.2 Å². The van der Waals surface area contributed by atoms with Crippen molar-refractivity contribution in [1.29, 1.82) is 0 Å². The number of rotatable bonds is 7. The zero-order valence-corrected chi connectivity index (χ0v) is 14.5. The summed E-state index contributed by atoms with van der Waals surface area (Å²) in [7, 11) is 1.57. The standard InChI is InChI=1S/C18H21ClN2O3/c1-13(11-14-5-3-4-6-16(14)19)20-18(23)15-7-8-17(22)21(12-15)9-10-24-2/h3-8,12-13H,9-11H2,1-2H3,(H,20,23)/t13-/m0/s1. The molecule has 0 radical (unpaired) electrons. The van der Waals surface area contributed by atoms with Crippen LogP contribution in [0.4, 0.5) is 0 Å². The van der Waals surface area contributed by atoms with E-state index in [0.717, 1.165) is 5.56 Å². The van der Waals surface area contributed by atoms with Gasteiger partial charge in [-0.3, -0.25) is 9.59 Å². The highest BCUT2D eigenvalue weighted by atomic mass is 35.5. The van der Waals surface area contributed by atoms with Crippen LogP contribution in [0.1, 0.15) is 22.8 Å². The molecule has 0 bridgehead atoms. The van der Waals surface area contributed by atoms with Gasteiger partial charge in [-0.15, -0.1) is 0 Å². The number of aromatic nitrogens is 1. The second-order valence-corrected chi connectivity index (χ2v) is 6.02. The van der Waals surface area contributed by atoms with Crippen LogP contribution in [-0.4, -0.2) is 30.2 Å². The topological polar surface area (TPSA) is 60.3 Å². The molecule has 1 N–H and O–H groups in total. The third kappa shape index (κ3) is 4.94. The summed E-state index contributed by atoms with van der Waals surface area (Å²) in [5.74, 6) is -0.222. The average molecular weight is 349 g/mol. The number of methoxy groups -OCH3 is 1. The lowest BCUT2D eigenvalue weighted by molar-refractivity contribution is 0.0939. The molecule has 2 aromatic rings. The Hall–Kier alpha value is -2.11. The van der Waals surface area contributed by atoms with E-state index in [-0.39, 0.29) is 17.5 Å². The second kappa shape index (κ2) is 8.66. The van der Waals surface area contributed by atoms with E-state index in [2.05, 4.69) is 5.32 Å². The van der Waals surface area contributed by atoms with E-state index in [4.69, 9.17) is 16.3 Å². The lowest BCUT2D eigenvalue weighted by Crippen LogP contribution is -2.35. The molecule has 0 aliphatic carbocycles. The van der Waals surface area contributed by atoms with Crippen molar-refractivity contribution in [1.82, 2.24) is 9.88 Å². The first-order valence-corrected chi connectivity index (χ1v) is 8.12. The summed E-state index contributed by atoms with van der Waals surface area (Å²) in [5, 5.41) is 3.62. The summed E-state index contributed by atoms with van der Waals surface area (Å²) in [4.78, 5) is 24.1. The molecule has 0 aliphatic heterocycles. The van der Waals surface area contributed by atoms with E-state index in [1.807, 2.05) is 31.2 Å². The molecule has 0 saturated heterocycles. The van der Waals surface area contributed by atoms with Gasteiger partial charge in [0.2, 0.25) is 0 Å². The first kappa shape index (κ1) is 18.2. The molecule has 6 heteroatoms. The normalized spacial score (nSPS) is 12.0. The Labute approximate surface area is 146 Å². The molecule has 0 aliphatic rings. The second-order valence-electron chi connectivity index (χ2n) is 5.61. The summed E-state index contributed by atoms with van der Waals surface area (Å²) in [6.45, 7) is 2.74. The van der Waals surface area contributed by atoms with Crippen molar-refractivity contribution in [2.45, 2.75) is 25.9 Å². The predicted octanol–water partition coefficient (Wildman–Crippen LogP) is 2.51. The fourth-order valence-corrected chi connectivity index (χ4v) is 2.59. The fraction of sp³-hybridized carbons (Fsp3) is 0.333. The number of ether oxygens (including phenoxy) is 1. The molecule has 1 heterocycles. The van der Waals surface area contributed by atoms with Gasteiger partial charge in [0.1, 0.15) is 0 Å². The van der Waals surface area contributed by atoms with Crippen LogP contribution in [0.3, 0.4) is 0 Å². The Morgan fingerprint density at radius 1 is 1.29 bits per heavy atom. The zero-order chi connectivity index (χ0) is 17.5. The molecule has 24 heavy (non-hydrogen) atoms. The molecule has 2 rings (SSSR count). The van der Waals surface area contributed by atoms with Crippen molar-refractivity contribution in [2.24, 2.45) is 0 Å². The minimum atomic E-state index is -0.222. The number of hydrogen-bond donors (Lipinski definition) is 1. The van der Waals surface area contributed by atoms with Gasteiger partial charge in [-0.05, 0) is 31.0 Å². The summed E-state index contributed by atoms with van der Waals surface area (Å²) in [6.07, 6.45) is 2.19. The van der Waals surface area contributed by atoms with Gasteiger partial charge >= 0.3 is 0 Å². The van der Waals surface area contributed by atoms with Crippen molar-refractivity contribution in [3.63, 3.8) is 0 Å². The van der Waals surface area contributed by atoms with E-state index < -0.39 is 0 Å². The van der Waals surface area contributed by atoms with E-state index >= 15 is 0 Å². The molecular formula is C18H21ClN2O3. The molecule has 0 unspecified atom stereocenters. The van der Waals surface area contributed by atoms with Crippen LogP contribution < -0.4 is 10.9 Å². The summed E-state index contributed by atoms with van der Waals surface area (Å²) < 4.78 is 6.44. The van der Waals surface area contributed by atoms with Crippen LogP contribution in [0.25, 0.3) is 0 Å². The summed E-state index contributed by atoms with van der Waals surface area (Å²) >= 11 is 6.15. The van der Waals surface area contributed by atoms with Gasteiger partial charge in [-0.1, -0.05) is 29.8 Å². The maximum Gasteiger partial charge on any atom is 0.252 e. The molecule has 0 spiro atoms. The lowest BCUT2D eigenvalue weighted by Gasteiger charge is -2.15. The number of amides is 1. The van der Waals surface area contributed by atoms with Gasteiger partial charge in [0.25, 0.3) is 11.5 Å². The average Bonchev–Trinajstić information content (AvgIpc) is 2.56. The third-order valence-electron chi connectivity index (χ3n) is 3.64. The maximum atomic E-state index is 12.4. The maximum absolute atomic E-state index is 12.4. The van der Waals surface area contributed by atoms with E-state index in [0.29, 0.717) is 30.2 Å². The number of benzene rings is 1. The Morgan fingerprint density at radius 3 is 2.75 bits per heavy atom. The molecular weight excluding hydrogens is 328 g/mol. The van der Waals surface area contributed by atoms with Crippen LogP contribution in [0.15, 0.2) is 47.4 Å². The largest absolute Gasteiger partial charge is 0.383 e. The first-order valence-electron chi connectivity index (χ1n) is 7.75. The zero-order valence-electron chi connectivity index (χ0n) is 13.8. The van der Waals surface area contributed by atoms with Crippen molar-refractivity contribution in [3.8, 4) is 0 Å². The minimum absolute atomic E-state index is 0.0863. The van der Waals surface area contributed by atoms with Crippen LogP contribution in [-0.2, 0) is 17.7 Å². The highest BCUT2D eigenvalue weighted by molar-refractivity contribution is 6.31. The predicted molar refractivity (Wildman–Crippen MR) is 94.7 cm³/mol. The third-order valence-corrected chi connectivity index (χ3v) is 4.01. The fourth-order valence-electron chi connectivity index (χ4n) is 2.38. The Balaban J connectivity index is 2.03. The Bertz CT molecular complexity index is 758. The van der Waals surface area contributed by atoms with Crippen molar-refractivity contribution in [2.75, 3.05) is 13.7 Å². The number of nitrogens with zero attached hydrogens (tertiary/aromatic N) is 1. The van der Waals surface area contributed by atoms with Gasteiger partial charge in [-0.25, -0.2) is 0 Å². The smallest absolute Gasteiger partial charge is 0.252 e. The number of nitrogens with one attached hydrogen (secondary N) is 1. The highest BCUT2D eigenvalue weighted by Crippen LogP contribution is 2.16. The molecule has 0 saturated carbocycles. The number of carbonyl (C=O) groups excluding carboxylic acids is 1. The van der Waals surface area contributed by atoms with Gasteiger partial charge < -0.3 is 14.6 Å². The summed E-state index contributed by atoms with van der Waals surface area (Å²) in [5.41, 5.74) is 1.27. The van der Waals surface area contributed by atoms with Crippen LogP contribution >= 0.6 is 11.6 Å². The monoisotopic (exact) mass is 348 g/mol. The SMILES string of the molecule is COCCn1cc(C(=O)N[C@@H](C)Cc2ccccc2Cl)ccc1=O. The number of carbonyl (C=O) groups is 1. The number of halogens is 1. The molecule has 0 fully saturated rings. The molecule has 1 atom stereocenters. The molecule has 5 nitrogen and oxygen atoms in total. The number of pyridine rings is 1. The van der Waals surface area contributed by atoms with E-state index in [1.54, 1.807) is 13.3 Å². The highest BCUT2D eigenvalue weighted by Gasteiger charge is 2.12. The Kier molecular flexibility index (Phi) is 6.58. The molecule has 1 amide bonds. The molecule has 1 aromatic heterocycles. The minimum Gasteiger partial charge on any atom is -0.383 e. The van der Waals surface area contributed by atoms with Crippen LogP contribution in [0.2, 0.25) is 5.02 Å². The first-order chi connectivity index (χ1) is 11.5. The Morgan fingerprint density at radius 2 is 2.04 bits per heavy atom. The van der Waals surface area contributed by atoms with Gasteiger partial charge in [-0.2, -0.15) is 0 Å². The number of hydrogen-bond acceptors (Lipinski definition) is 3. The van der Waals surface area contributed by atoms with E-state index in [9.17, 15) is 9.59 Å². The van der Waals surface area contributed by atoms with Crippen LogP contribution in [0.5, 0.6) is 0 Å². The van der Waals surface area contributed by atoms with E-state index in [1.165, 1.54) is 16.7 Å². The summed E-state index contributed by atoms with van der Waals surface area (Å²) in [6, 6.07) is 10.4. The quantitative estimate of drug-likeness (QED) is 0.836. The lowest BCUT2D eigenvalue weighted by atomic mass is 10.1. The molecule has 1 aromatic carbocycles. The van der Waals surface area contributed by atoms with Gasteiger partial charge in [0.15, 0.2) is 0 Å². The van der Waals surface area contributed by atoms with Crippen molar-refractivity contribution in [3.05, 3.63) is 69.1 Å². The van der Waals surface area contributed by atoms with Crippen molar-refractivity contribution >= 4 is 17.5 Å². The molecule has 128 valence electrons.